The first-order chi connectivity index (χ1) is 14.8. The Hall–Kier alpha value is -3.92. The van der Waals surface area contributed by atoms with Gasteiger partial charge in [-0.3, -0.25) is 4.79 Å². The lowest BCUT2D eigenvalue weighted by molar-refractivity contribution is -0.121. The number of carbonyl (C=O) groups excluding carboxylic acids is 1. The molecule has 0 radical (unpaired) electrons. The number of nitrogens with zero attached hydrogens (tertiary/aromatic N) is 2. The average molecular weight is 393 g/mol. The van der Waals surface area contributed by atoms with Crippen molar-refractivity contribution in [3.63, 3.8) is 0 Å². The van der Waals surface area contributed by atoms with Gasteiger partial charge < -0.3 is 4.57 Å². The molecule has 3 aromatic carbocycles. The number of aromatic nitrogens is 1. The van der Waals surface area contributed by atoms with Crippen molar-refractivity contribution in [1.82, 2.24) is 9.99 Å². The van der Waals surface area contributed by atoms with Gasteiger partial charge in [0.05, 0.1) is 12.1 Å². The number of carbonyl (C=O) groups is 1. The van der Waals surface area contributed by atoms with Crippen LogP contribution in [0.1, 0.15) is 22.6 Å². The third-order valence-electron chi connectivity index (χ3n) is 5.05. The van der Waals surface area contributed by atoms with Gasteiger partial charge in [-0.2, -0.15) is 5.10 Å². The molecule has 4 heteroatoms. The summed E-state index contributed by atoms with van der Waals surface area (Å²) in [5.74, 6) is -0.592. The van der Waals surface area contributed by atoms with Crippen molar-refractivity contribution in [1.29, 1.82) is 0 Å². The number of amides is 1. The largest absolute Gasteiger partial charge is 0.343 e. The molecule has 4 rings (SSSR count). The zero-order chi connectivity index (χ0) is 20.8. The number of fused-ring (bicyclic) bond motifs is 1. The van der Waals surface area contributed by atoms with E-state index in [1.807, 2.05) is 85.1 Å². The van der Waals surface area contributed by atoms with E-state index >= 15 is 0 Å². The molecule has 0 saturated carbocycles. The summed E-state index contributed by atoms with van der Waals surface area (Å²) in [6.07, 6.45) is 5.58. The summed E-state index contributed by atoms with van der Waals surface area (Å²) >= 11 is 0. The number of para-hydroxylation sites is 1. The molecule has 30 heavy (non-hydrogen) atoms. The van der Waals surface area contributed by atoms with Crippen LogP contribution in [0.3, 0.4) is 0 Å². The van der Waals surface area contributed by atoms with Crippen LogP contribution in [-0.2, 0) is 11.3 Å². The number of benzene rings is 3. The molecule has 1 amide bonds. The molecule has 0 saturated heterocycles. The lowest BCUT2D eigenvalue weighted by Gasteiger charge is -2.16. The van der Waals surface area contributed by atoms with Crippen molar-refractivity contribution < 1.29 is 4.79 Å². The standard InChI is InChI=1S/C26H23N3O/c1-2-17-29-19-22(23-15-9-10-16-24(23)29)18-27-28-26(30)25(20-11-5-3-6-12-20)21-13-7-4-8-14-21/h2-16,18-19,25H,1,17H2,(H,28,30)/b27-18-. The maximum atomic E-state index is 13.1. The predicted molar refractivity (Wildman–Crippen MR) is 123 cm³/mol. The van der Waals surface area contributed by atoms with Gasteiger partial charge in [0, 0.05) is 29.2 Å². The van der Waals surface area contributed by atoms with Crippen molar-refractivity contribution in [2.24, 2.45) is 5.10 Å². The van der Waals surface area contributed by atoms with E-state index in [2.05, 4.69) is 33.8 Å². The van der Waals surface area contributed by atoms with E-state index in [0.29, 0.717) is 6.54 Å². The molecule has 1 heterocycles. The van der Waals surface area contributed by atoms with E-state index in [9.17, 15) is 4.79 Å². The van der Waals surface area contributed by atoms with Gasteiger partial charge in [-0.25, -0.2) is 5.43 Å². The van der Waals surface area contributed by atoms with Gasteiger partial charge in [-0.05, 0) is 17.2 Å². The van der Waals surface area contributed by atoms with E-state index in [1.165, 1.54) is 0 Å². The second-order valence-corrected chi connectivity index (χ2v) is 7.03. The molecular formula is C26H23N3O. The van der Waals surface area contributed by atoms with Gasteiger partial charge in [0.2, 0.25) is 0 Å². The third kappa shape index (κ3) is 4.08. The fourth-order valence-corrected chi connectivity index (χ4v) is 3.68. The minimum atomic E-state index is -0.424. The Morgan fingerprint density at radius 3 is 2.17 bits per heavy atom. The van der Waals surface area contributed by atoms with Crippen LogP contribution >= 0.6 is 0 Å². The Balaban J connectivity index is 1.59. The number of nitrogens with one attached hydrogen (secondary N) is 1. The highest BCUT2D eigenvalue weighted by atomic mass is 16.2. The van der Waals surface area contributed by atoms with Gasteiger partial charge >= 0.3 is 0 Å². The first-order valence-corrected chi connectivity index (χ1v) is 9.89. The summed E-state index contributed by atoms with van der Waals surface area (Å²) in [6, 6.07) is 27.6. The first-order valence-electron chi connectivity index (χ1n) is 9.89. The second-order valence-electron chi connectivity index (χ2n) is 7.03. The second kappa shape index (κ2) is 9.05. The quantitative estimate of drug-likeness (QED) is 0.265. The number of hydrogen-bond donors (Lipinski definition) is 1. The molecular weight excluding hydrogens is 370 g/mol. The Morgan fingerprint density at radius 1 is 0.933 bits per heavy atom. The van der Waals surface area contributed by atoms with E-state index in [4.69, 9.17) is 0 Å². The van der Waals surface area contributed by atoms with Crippen LogP contribution in [0.15, 0.2) is 109 Å². The molecule has 0 unspecified atom stereocenters. The molecule has 0 spiro atoms. The summed E-state index contributed by atoms with van der Waals surface area (Å²) in [5.41, 5.74) is 6.65. The highest BCUT2D eigenvalue weighted by Crippen LogP contribution is 2.25. The highest BCUT2D eigenvalue weighted by molar-refractivity contribution is 6.00. The molecule has 1 N–H and O–H groups in total. The van der Waals surface area contributed by atoms with E-state index < -0.39 is 5.92 Å². The Morgan fingerprint density at radius 2 is 1.53 bits per heavy atom. The van der Waals surface area contributed by atoms with E-state index in [0.717, 1.165) is 27.6 Å². The van der Waals surface area contributed by atoms with Gasteiger partial charge in [0.1, 0.15) is 0 Å². The van der Waals surface area contributed by atoms with Crippen LogP contribution in [0.5, 0.6) is 0 Å². The number of allylic oxidation sites excluding steroid dienone is 1. The molecule has 0 aliphatic rings. The predicted octanol–water partition coefficient (Wildman–Crippen LogP) is 5.11. The highest BCUT2D eigenvalue weighted by Gasteiger charge is 2.22. The van der Waals surface area contributed by atoms with Crippen LogP contribution < -0.4 is 5.43 Å². The van der Waals surface area contributed by atoms with Crippen molar-refractivity contribution in [3.8, 4) is 0 Å². The van der Waals surface area contributed by atoms with E-state index in [-0.39, 0.29) is 5.91 Å². The average Bonchev–Trinajstić information content (AvgIpc) is 3.13. The van der Waals surface area contributed by atoms with E-state index in [1.54, 1.807) is 6.21 Å². The molecule has 0 bridgehead atoms. The molecule has 0 atom stereocenters. The summed E-state index contributed by atoms with van der Waals surface area (Å²) < 4.78 is 2.11. The first kappa shape index (κ1) is 19.4. The van der Waals surface area contributed by atoms with Gasteiger partial charge in [0.25, 0.3) is 5.91 Å². The zero-order valence-electron chi connectivity index (χ0n) is 16.6. The van der Waals surface area contributed by atoms with Crippen LogP contribution in [0.4, 0.5) is 0 Å². The number of hydrazone groups is 1. The van der Waals surface area contributed by atoms with Crippen LogP contribution in [0.2, 0.25) is 0 Å². The van der Waals surface area contributed by atoms with Gasteiger partial charge in [-0.15, -0.1) is 6.58 Å². The SMILES string of the molecule is C=CCn1cc(/C=N\NC(=O)C(c2ccccc2)c2ccccc2)c2ccccc21. The van der Waals surface area contributed by atoms with Crippen molar-refractivity contribution in [2.45, 2.75) is 12.5 Å². The third-order valence-corrected chi connectivity index (χ3v) is 5.05. The van der Waals surface area contributed by atoms with Crippen LogP contribution in [0, 0.1) is 0 Å². The number of hydrogen-bond acceptors (Lipinski definition) is 2. The maximum Gasteiger partial charge on any atom is 0.252 e. The molecule has 0 aliphatic carbocycles. The normalized spacial score (nSPS) is 11.2. The smallest absolute Gasteiger partial charge is 0.252 e. The molecule has 0 fully saturated rings. The van der Waals surface area contributed by atoms with Crippen molar-refractivity contribution in [2.75, 3.05) is 0 Å². The minimum absolute atomic E-state index is 0.168. The topological polar surface area (TPSA) is 46.4 Å². The fraction of sp³-hybridized carbons (Fsp3) is 0.0769. The Bertz CT molecular complexity index is 1140. The minimum Gasteiger partial charge on any atom is -0.343 e. The summed E-state index contributed by atoms with van der Waals surface area (Å²) in [7, 11) is 0. The lowest BCUT2D eigenvalue weighted by Crippen LogP contribution is -2.26. The molecule has 4 aromatic rings. The molecule has 1 aromatic heterocycles. The lowest BCUT2D eigenvalue weighted by atomic mass is 9.91. The monoisotopic (exact) mass is 393 g/mol. The van der Waals surface area contributed by atoms with Gasteiger partial charge in [0.15, 0.2) is 0 Å². The van der Waals surface area contributed by atoms with Gasteiger partial charge in [-0.1, -0.05) is 84.9 Å². The number of rotatable bonds is 7. The Kier molecular flexibility index (Phi) is 5.85. The van der Waals surface area contributed by atoms with Crippen molar-refractivity contribution in [3.05, 3.63) is 120 Å². The summed E-state index contributed by atoms with van der Waals surface area (Å²) in [6.45, 7) is 4.54. The molecule has 0 aliphatic heterocycles. The maximum absolute atomic E-state index is 13.1. The zero-order valence-corrected chi connectivity index (χ0v) is 16.6. The summed E-state index contributed by atoms with van der Waals surface area (Å²) in [5, 5.41) is 5.36. The van der Waals surface area contributed by atoms with Crippen molar-refractivity contribution >= 4 is 23.0 Å². The molecule has 148 valence electrons. The molecule has 4 nitrogen and oxygen atoms in total. The Labute approximate surface area is 176 Å². The van der Waals surface area contributed by atoms with Crippen LogP contribution in [-0.4, -0.2) is 16.7 Å². The fourth-order valence-electron chi connectivity index (χ4n) is 3.68. The summed E-state index contributed by atoms with van der Waals surface area (Å²) in [4.78, 5) is 13.1. The van der Waals surface area contributed by atoms with Crippen LogP contribution in [0.25, 0.3) is 10.9 Å².